The van der Waals surface area contributed by atoms with Crippen molar-refractivity contribution in [3.63, 3.8) is 0 Å². The minimum atomic E-state index is 0.342. The summed E-state index contributed by atoms with van der Waals surface area (Å²) < 4.78 is 0.342. The number of alkyl halides is 1. The maximum Gasteiger partial charge on any atom is 0.0377 e. The highest BCUT2D eigenvalue weighted by atomic mass is 127. The number of hydrogen-bond donors (Lipinski definition) is 0. The molecule has 1 rings (SSSR count). The van der Waals surface area contributed by atoms with Crippen molar-refractivity contribution in [3.05, 3.63) is 23.3 Å². The van der Waals surface area contributed by atoms with Gasteiger partial charge in [-0.25, -0.2) is 0 Å². The van der Waals surface area contributed by atoms with Crippen LogP contribution in [-0.2, 0) is 0 Å². The second-order valence-electron chi connectivity index (χ2n) is 3.68. The highest BCUT2D eigenvalue weighted by Gasteiger charge is 2.19. The first-order chi connectivity index (χ1) is 5.00. The van der Waals surface area contributed by atoms with Gasteiger partial charge in [-0.2, -0.15) is 0 Å². The Kier molecular flexibility index (Phi) is 2.79. The van der Waals surface area contributed by atoms with E-state index in [0.29, 0.717) is 3.42 Å². The highest BCUT2D eigenvalue weighted by molar-refractivity contribution is 14.1. The van der Waals surface area contributed by atoms with E-state index in [1.165, 1.54) is 18.4 Å². The van der Waals surface area contributed by atoms with Crippen molar-refractivity contribution in [1.29, 1.82) is 0 Å². The molecular weight excluding hydrogens is 247 g/mol. The maximum absolute atomic E-state index is 2.51. The third-order valence-corrected chi connectivity index (χ3v) is 2.81. The van der Waals surface area contributed by atoms with E-state index < -0.39 is 0 Å². The highest BCUT2D eigenvalue weighted by Crippen LogP contribution is 2.33. The molecule has 0 aliphatic heterocycles. The predicted molar refractivity (Wildman–Crippen MR) is 59.2 cm³/mol. The van der Waals surface area contributed by atoms with Crippen molar-refractivity contribution >= 4 is 22.6 Å². The molecule has 0 heterocycles. The van der Waals surface area contributed by atoms with E-state index in [2.05, 4.69) is 55.5 Å². The van der Waals surface area contributed by atoms with Crippen LogP contribution in [0.15, 0.2) is 23.3 Å². The predicted octanol–water partition coefficient (Wildman–Crippen LogP) is 3.87. The van der Waals surface area contributed by atoms with Crippen LogP contribution in [-0.4, -0.2) is 3.42 Å². The molecule has 0 spiro atoms. The third kappa shape index (κ3) is 2.62. The summed E-state index contributed by atoms with van der Waals surface area (Å²) in [5.74, 6) is 0. The fourth-order valence-electron chi connectivity index (χ4n) is 1.24. The fraction of sp³-hybridized carbons (Fsp3) is 0.600. The second-order valence-corrected chi connectivity index (χ2v) is 6.37. The Balaban J connectivity index is 2.77. The van der Waals surface area contributed by atoms with Crippen molar-refractivity contribution in [2.45, 2.75) is 37.0 Å². The topological polar surface area (TPSA) is 0 Å². The molecule has 62 valence electrons. The molecule has 0 fully saturated rings. The van der Waals surface area contributed by atoms with E-state index in [0.717, 1.165) is 0 Å². The van der Waals surface area contributed by atoms with Crippen molar-refractivity contribution < 1.29 is 0 Å². The summed E-state index contributed by atoms with van der Waals surface area (Å²) in [4.78, 5) is 0. The van der Waals surface area contributed by atoms with E-state index in [4.69, 9.17) is 0 Å². The Bertz CT molecular complexity index is 203. The average Bonchev–Trinajstić information content (AvgIpc) is 1.86. The lowest BCUT2D eigenvalue weighted by Crippen LogP contribution is -2.14. The first-order valence-corrected chi connectivity index (χ1v) is 5.14. The Labute approximate surface area is 82.9 Å². The molecule has 0 saturated heterocycles. The van der Waals surface area contributed by atoms with E-state index >= 15 is 0 Å². The van der Waals surface area contributed by atoms with Crippen LogP contribution in [0.2, 0.25) is 0 Å². The lowest BCUT2D eigenvalue weighted by Gasteiger charge is -2.23. The molecule has 0 bridgehead atoms. The average molecular weight is 262 g/mol. The van der Waals surface area contributed by atoms with Crippen molar-refractivity contribution in [2.24, 2.45) is 0 Å². The van der Waals surface area contributed by atoms with Crippen LogP contribution in [0.4, 0.5) is 0 Å². The number of halogens is 1. The summed E-state index contributed by atoms with van der Waals surface area (Å²) in [5.41, 5.74) is 3.08. The van der Waals surface area contributed by atoms with Gasteiger partial charge in [-0.05, 0) is 33.6 Å². The third-order valence-electron chi connectivity index (χ3n) is 2.12. The van der Waals surface area contributed by atoms with E-state index in [1.807, 2.05) is 0 Å². The number of rotatable bonds is 1. The van der Waals surface area contributed by atoms with Crippen LogP contribution in [0.5, 0.6) is 0 Å². The molecule has 0 amide bonds. The summed E-state index contributed by atoms with van der Waals surface area (Å²) in [5, 5.41) is 0. The van der Waals surface area contributed by atoms with Gasteiger partial charge in [0.15, 0.2) is 0 Å². The van der Waals surface area contributed by atoms with Gasteiger partial charge in [-0.1, -0.05) is 45.9 Å². The summed E-state index contributed by atoms with van der Waals surface area (Å²) in [6, 6.07) is 0. The van der Waals surface area contributed by atoms with Crippen molar-refractivity contribution in [1.82, 2.24) is 0 Å². The molecule has 0 radical (unpaired) electrons. The van der Waals surface area contributed by atoms with Crippen LogP contribution < -0.4 is 0 Å². The van der Waals surface area contributed by atoms with Crippen LogP contribution >= 0.6 is 22.6 Å². The molecule has 0 nitrogen and oxygen atoms in total. The minimum Gasteiger partial charge on any atom is -0.0746 e. The van der Waals surface area contributed by atoms with Gasteiger partial charge in [0, 0.05) is 3.42 Å². The Morgan fingerprint density at radius 2 is 1.91 bits per heavy atom. The quantitative estimate of drug-likeness (QED) is 0.497. The van der Waals surface area contributed by atoms with Crippen LogP contribution in [0.3, 0.4) is 0 Å². The molecule has 0 aromatic rings. The lowest BCUT2D eigenvalue weighted by atomic mass is 9.92. The SMILES string of the molecule is CC1=CC=C(C(C)(C)I)CC1. The zero-order valence-electron chi connectivity index (χ0n) is 7.45. The fourth-order valence-corrected chi connectivity index (χ4v) is 1.69. The first-order valence-electron chi connectivity index (χ1n) is 4.06. The van der Waals surface area contributed by atoms with Crippen LogP contribution in [0.25, 0.3) is 0 Å². The van der Waals surface area contributed by atoms with Crippen LogP contribution in [0.1, 0.15) is 33.6 Å². The standard InChI is InChI=1S/C10H15I/c1-8-4-6-9(7-5-8)10(2,3)11/h4,6H,5,7H2,1-3H3. The Morgan fingerprint density at radius 3 is 2.27 bits per heavy atom. The molecule has 11 heavy (non-hydrogen) atoms. The molecule has 0 saturated carbocycles. The molecule has 0 unspecified atom stereocenters. The van der Waals surface area contributed by atoms with Gasteiger partial charge < -0.3 is 0 Å². The largest absolute Gasteiger partial charge is 0.0746 e. The Morgan fingerprint density at radius 1 is 1.27 bits per heavy atom. The molecule has 0 aromatic carbocycles. The first kappa shape index (κ1) is 9.30. The zero-order chi connectivity index (χ0) is 8.48. The number of allylic oxidation sites excluding steroid dienone is 4. The summed E-state index contributed by atoms with van der Waals surface area (Å²) >= 11 is 2.51. The normalized spacial score (nSPS) is 19.3. The maximum atomic E-state index is 2.51. The van der Waals surface area contributed by atoms with Gasteiger partial charge in [0.1, 0.15) is 0 Å². The summed E-state index contributed by atoms with van der Waals surface area (Å²) in [7, 11) is 0. The van der Waals surface area contributed by atoms with Gasteiger partial charge in [0.2, 0.25) is 0 Å². The second kappa shape index (κ2) is 3.30. The van der Waals surface area contributed by atoms with E-state index in [9.17, 15) is 0 Å². The summed E-state index contributed by atoms with van der Waals surface area (Å²) in [6.45, 7) is 6.75. The molecule has 1 aliphatic carbocycles. The van der Waals surface area contributed by atoms with Gasteiger partial charge >= 0.3 is 0 Å². The smallest absolute Gasteiger partial charge is 0.0377 e. The van der Waals surface area contributed by atoms with Crippen LogP contribution in [0, 0.1) is 0 Å². The molecule has 1 aliphatic rings. The molecule has 0 N–H and O–H groups in total. The molecule has 0 atom stereocenters. The van der Waals surface area contributed by atoms with Gasteiger partial charge in [0.25, 0.3) is 0 Å². The van der Waals surface area contributed by atoms with Crippen molar-refractivity contribution in [2.75, 3.05) is 0 Å². The minimum absolute atomic E-state index is 0.342. The zero-order valence-corrected chi connectivity index (χ0v) is 9.60. The monoisotopic (exact) mass is 262 g/mol. The molecule has 0 aromatic heterocycles. The Hall–Kier alpha value is 0.210. The van der Waals surface area contributed by atoms with Gasteiger partial charge in [0.05, 0.1) is 0 Å². The van der Waals surface area contributed by atoms with E-state index in [-0.39, 0.29) is 0 Å². The number of hydrogen-bond acceptors (Lipinski definition) is 0. The van der Waals surface area contributed by atoms with Crippen molar-refractivity contribution in [3.8, 4) is 0 Å². The van der Waals surface area contributed by atoms with Gasteiger partial charge in [-0.3, -0.25) is 0 Å². The molecule has 1 heteroatoms. The summed E-state index contributed by atoms with van der Waals surface area (Å²) in [6.07, 6.45) is 7.03. The van der Waals surface area contributed by atoms with Gasteiger partial charge in [-0.15, -0.1) is 0 Å². The van der Waals surface area contributed by atoms with E-state index in [1.54, 1.807) is 5.57 Å². The molecular formula is C10H15I. The lowest BCUT2D eigenvalue weighted by molar-refractivity contribution is 0.771.